The second-order valence-corrected chi connectivity index (χ2v) is 10.6. The van der Waals surface area contributed by atoms with Crippen molar-refractivity contribution < 1.29 is 22.7 Å². The molecule has 2 aromatic carbocycles. The average molecular weight is 527 g/mol. The van der Waals surface area contributed by atoms with E-state index in [0.717, 1.165) is 16.5 Å². The second-order valence-electron chi connectivity index (χ2n) is 6.90. The Morgan fingerprint density at radius 2 is 1.97 bits per heavy atom. The van der Waals surface area contributed by atoms with Gasteiger partial charge in [-0.2, -0.15) is 4.72 Å². The van der Waals surface area contributed by atoms with Crippen LogP contribution in [0.2, 0.25) is 0 Å². The molecule has 1 aliphatic heterocycles. The Kier molecular flexibility index (Phi) is 5.17. The quantitative estimate of drug-likeness (QED) is 0.365. The van der Waals surface area contributed by atoms with Gasteiger partial charge in [0.1, 0.15) is 38.5 Å². The fraction of sp³-hybridized carbons (Fsp3) is 0.211. The first-order valence-corrected chi connectivity index (χ1v) is 12.2. The summed E-state index contributed by atoms with van der Waals surface area (Å²) >= 11 is -0.448. The highest BCUT2D eigenvalue weighted by Crippen LogP contribution is 2.35. The van der Waals surface area contributed by atoms with E-state index in [1.807, 2.05) is 24.4 Å². The Bertz CT molecular complexity index is 1270. The van der Waals surface area contributed by atoms with Gasteiger partial charge in [-0.1, -0.05) is 13.8 Å². The zero-order valence-corrected chi connectivity index (χ0v) is 18.5. The predicted molar refractivity (Wildman–Crippen MR) is 118 cm³/mol. The van der Waals surface area contributed by atoms with E-state index in [2.05, 4.69) is 11.0 Å². The average Bonchev–Trinajstić information content (AvgIpc) is 3.32. The zero-order valence-electron chi connectivity index (χ0n) is 15.5. The molecule has 4 rings (SSSR count). The van der Waals surface area contributed by atoms with Crippen molar-refractivity contribution in [2.45, 2.75) is 24.8 Å². The molecule has 29 heavy (non-hydrogen) atoms. The number of carbonyl (C=O) groups is 1. The third-order valence-electron chi connectivity index (χ3n) is 4.58. The molecule has 8 nitrogen and oxygen atoms in total. The molecule has 0 saturated carbocycles. The van der Waals surface area contributed by atoms with Crippen molar-refractivity contribution in [2.24, 2.45) is 9.06 Å². The third-order valence-corrected chi connectivity index (χ3v) is 7.93. The van der Waals surface area contributed by atoms with E-state index in [1.165, 1.54) is 12.1 Å². The smallest absolute Gasteiger partial charge is 0.322 e. The van der Waals surface area contributed by atoms with Crippen molar-refractivity contribution in [1.82, 2.24) is 4.72 Å². The number of carboxylic acids is 1. The number of fused-ring (bicyclic) bond motifs is 3. The number of furan rings is 1. The lowest BCUT2D eigenvalue weighted by Gasteiger charge is -2.17. The Balaban J connectivity index is 1.74. The monoisotopic (exact) mass is 527 g/mol. The molecule has 0 aliphatic carbocycles. The van der Waals surface area contributed by atoms with Gasteiger partial charge in [-0.15, -0.1) is 0 Å². The Morgan fingerprint density at radius 3 is 2.62 bits per heavy atom. The largest absolute Gasteiger partial charge is 0.480 e. The number of benzene rings is 2. The minimum atomic E-state index is -4.02. The number of sulfonamides is 1. The summed E-state index contributed by atoms with van der Waals surface area (Å²) in [5, 5.41) is 10.9. The van der Waals surface area contributed by atoms with Gasteiger partial charge in [0.15, 0.2) is 0 Å². The third kappa shape index (κ3) is 3.79. The Hall–Kier alpha value is -2.31. The van der Waals surface area contributed by atoms with E-state index < -0.39 is 49.3 Å². The van der Waals surface area contributed by atoms with Crippen LogP contribution >= 0.6 is 21.3 Å². The van der Waals surface area contributed by atoms with Crippen LogP contribution in [0.3, 0.4) is 0 Å². The number of hydrogen-bond donors (Lipinski definition) is 2. The van der Waals surface area contributed by atoms with Crippen LogP contribution in [0.4, 0.5) is 5.69 Å². The molecule has 1 atom stereocenters. The molecule has 1 aliphatic rings. The minimum Gasteiger partial charge on any atom is -0.480 e. The first-order chi connectivity index (χ1) is 13.8. The van der Waals surface area contributed by atoms with Gasteiger partial charge in [-0.25, -0.2) is 11.6 Å². The van der Waals surface area contributed by atoms with Gasteiger partial charge in [-0.3, -0.25) is 7.91 Å². The van der Waals surface area contributed by atoms with Crippen LogP contribution in [-0.4, -0.2) is 25.5 Å². The SMILES string of the molecule is CC(C)[C@H](NS(=O)(=O)c1ccc2c(c1)oc1ccc(N3C=CN=I3)cc12)C(=O)O. The van der Waals surface area contributed by atoms with E-state index >= 15 is 0 Å². The molecule has 0 spiro atoms. The molecule has 152 valence electrons. The zero-order chi connectivity index (χ0) is 20.8. The maximum Gasteiger partial charge on any atom is 0.322 e. The summed E-state index contributed by atoms with van der Waals surface area (Å²) in [7, 11) is -4.02. The summed E-state index contributed by atoms with van der Waals surface area (Å²) in [6.45, 7) is 3.29. The Morgan fingerprint density at radius 1 is 1.17 bits per heavy atom. The van der Waals surface area contributed by atoms with Crippen molar-refractivity contribution in [1.29, 1.82) is 0 Å². The lowest BCUT2D eigenvalue weighted by molar-refractivity contribution is -0.140. The molecule has 0 radical (unpaired) electrons. The van der Waals surface area contributed by atoms with Crippen LogP contribution in [0.25, 0.3) is 21.9 Å². The van der Waals surface area contributed by atoms with E-state index in [4.69, 9.17) is 4.42 Å². The molecule has 0 amide bonds. The topological polar surface area (TPSA) is 112 Å². The number of carboxylic acid groups (broad SMARTS) is 1. The molecule has 0 bridgehead atoms. The lowest BCUT2D eigenvalue weighted by Crippen LogP contribution is -2.44. The van der Waals surface area contributed by atoms with Crippen molar-refractivity contribution in [2.75, 3.05) is 3.11 Å². The summed E-state index contributed by atoms with van der Waals surface area (Å²) in [6.07, 6.45) is 3.72. The standard InChI is InChI=1S/C19H18IN3O5S/c1-11(2)18(19(24)25)22-29(26,27)13-4-5-14-15-9-12(23-8-7-21-20-23)3-6-16(15)28-17(14)10-13/h3-11,18,22H,1-2H3,(H,24,25)/t18-/m0/s1. The number of anilines is 1. The molecular weight excluding hydrogens is 509 g/mol. The van der Waals surface area contributed by atoms with Gasteiger partial charge in [0.05, 0.1) is 16.8 Å². The van der Waals surface area contributed by atoms with Gasteiger partial charge in [-0.05, 0) is 36.2 Å². The van der Waals surface area contributed by atoms with Gasteiger partial charge in [0.25, 0.3) is 0 Å². The Labute approximate surface area is 177 Å². The normalized spacial score (nSPS) is 15.3. The highest BCUT2D eigenvalue weighted by Gasteiger charge is 2.28. The molecule has 0 unspecified atom stereocenters. The molecule has 1 aromatic heterocycles. The summed E-state index contributed by atoms with van der Waals surface area (Å²) in [6, 6.07) is 9.15. The molecule has 10 heteroatoms. The number of aliphatic carboxylic acids is 1. The summed E-state index contributed by atoms with van der Waals surface area (Å²) in [5.74, 6) is -1.61. The van der Waals surface area contributed by atoms with Crippen molar-refractivity contribution in [3.8, 4) is 0 Å². The van der Waals surface area contributed by atoms with Crippen LogP contribution < -0.4 is 7.84 Å². The highest BCUT2D eigenvalue weighted by atomic mass is 127. The number of halogens is 1. The molecule has 3 aromatic rings. The van der Waals surface area contributed by atoms with Gasteiger partial charge in [0.2, 0.25) is 10.0 Å². The lowest BCUT2D eigenvalue weighted by atomic mass is 10.1. The number of hydrogen-bond acceptors (Lipinski definition) is 6. The minimum absolute atomic E-state index is 0.0386. The predicted octanol–water partition coefficient (Wildman–Crippen LogP) is 4.33. The van der Waals surface area contributed by atoms with E-state index in [0.29, 0.717) is 11.2 Å². The van der Waals surface area contributed by atoms with Crippen LogP contribution in [0, 0.1) is 5.92 Å². The number of nitrogens with one attached hydrogen (secondary N) is 1. The fourth-order valence-corrected chi connectivity index (χ4v) is 5.81. The molecule has 0 saturated heterocycles. The van der Waals surface area contributed by atoms with Gasteiger partial charge >= 0.3 is 5.97 Å². The first-order valence-electron chi connectivity index (χ1n) is 8.78. The summed E-state index contributed by atoms with van der Waals surface area (Å²) < 4.78 is 39.9. The van der Waals surface area contributed by atoms with Crippen molar-refractivity contribution in [3.63, 3.8) is 0 Å². The van der Waals surface area contributed by atoms with E-state index in [9.17, 15) is 18.3 Å². The number of rotatable bonds is 6. The first kappa shape index (κ1) is 20.0. The van der Waals surface area contributed by atoms with Gasteiger partial charge in [0, 0.05) is 23.0 Å². The van der Waals surface area contributed by atoms with Crippen LogP contribution in [0.5, 0.6) is 0 Å². The molecule has 0 fully saturated rings. The fourth-order valence-electron chi connectivity index (χ4n) is 3.06. The van der Waals surface area contributed by atoms with Crippen LogP contribution in [0.15, 0.2) is 61.3 Å². The second kappa shape index (κ2) is 7.50. The molecular formula is C19H18IN3O5S. The van der Waals surface area contributed by atoms with E-state index in [-0.39, 0.29) is 4.90 Å². The summed E-state index contributed by atoms with van der Waals surface area (Å²) in [5.41, 5.74) is 2.08. The molecule has 2 heterocycles. The molecule has 2 N–H and O–H groups in total. The maximum absolute atomic E-state index is 12.7. The van der Waals surface area contributed by atoms with Crippen LogP contribution in [0.1, 0.15) is 13.8 Å². The van der Waals surface area contributed by atoms with E-state index in [1.54, 1.807) is 26.1 Å². The van der Waals surface area contributed by atoms with Gasteiger partial charge < -0.3 is 9.52 Å². The highest BCUT2D eigenvalue weighted by molar-refractivity contribution is 14.2. The van der Waals surface area contributed by atoms with Crippen LogP contribution in [-0.2, 0) is 14.8 Å². The van der Waals surface area contributed by atoms with Crippen molar-refractivity contribution in [3.05, 3.63) is 48.8 Å². The van der Waals surface area contributed by atoms with Crippen molar-refractivity contribution >= 4 is 64.9 Å². The number of nitrogens with zero attached hydrogens (tertiary/aromatic N) is 2. The maximum atomic E-state index is 12.7. The summed E-state index contributed by atoms with van der Waals surface area (Å²) in [4.78, 5) is 11.3.